The number of halogens is 4. The van der Waals surface area contributed by atoms with Crippen molar-refractivity contribution < 1.29 is 40.7 Å². The number of aldehydes is 2. The van der Waals surface area contributed by atoms with Crippen molar-refractivity contribution in [2.24, 2.45) is 5.41 Å². The Labute approximate surface area is 177 Å². The maximum Gasteiger partial charge on any atom is 0.411 e. The van der Waals surface area contributed by atoms with Crippen molar-refractivity contribution in [3.63, 3.8) is 0 Å². The summed E-state index contributed by atoms with van der Waals surface area (Å²) in [7, 11) is -3.83. The number of ether oxygens (including phenoxy) is 1. The summed E-state index contributed by atoms with van der Waals surface area (Å²) in [6, 6.07) is 2.47. The molecule has 0 fully saturated rings. The normalized spacial score (nSPS) is 14.2. The van der Waals surface area contributed by atoms with E-state index in [2.05, 4.69) is 4.74 Å². The minimum atomic E-state index is -4.61. The Morgan fingerprint density at radius 3 is 2.37 bits per heavy atom. The molecule has 0 N–H and O–H groups in total. The lowest BCUT2D eigenvalue weighted by Gasteiger charge is -2.23. The molecule has 0 aliphatic carbocycles. The number of carbonyl (C=O) groups excluding carboxylic acids is 3. The summed E-state index contributed by atoms with van der Waals surface area (Å²) in [6.07, 6.45) is -2.43. The van der Waals surface area contributed by atoms with Crippen molar-refractivity contribution in [2.75, 3.05) is 12.9 Å². The molecule has 0 amide bonds. The van der Waals surface area contributed by atoms with E-state index in [0.717, 1.165) is 12.3 Å². The van der Waals surface area contributed by atoms with Crippen LogP contribution in [0.2, 0.25) is 5.02 Å². The summed E-state index contributed by atoms with van der Waals surface area (Å²) in [5, 5.41) is -0.186. The van der Waals surface area contributed by atoms with Crippen LogP contribution in [0.15, 0.2) is 17.0 Å². The fraction of sp³-hybridized carbons (Fsp3) is 0.526. The molecule has 0 radical (unpaired) electrons. The Hall–Kier alpha value is -1.78. The van der Waals surface area contributed by atoms with E-state index in [9.17, 15) is 36.0 Å². The van der Waals surface area contributed by atoms with Crippen LogP contribution in [-0.2, 0) is 42.0 Å². The van der Waals surface area contributed by atoms with Crippen molar-refractivity contribution in [2.45, 2.75) is 50.3 Å². The number of hydrogen-bond acceptors (Lipinski definition) is 6. The van der Waals surface area contributed by atoms with Gasteiger partial charge in [0.15, 0.2) is 9.84 Å². The van der Waals surface area contributed by atoms with Gasteiger partial charge in [0, 0.05) is 24.7 Å². The van der Waals surface area contributed by atoms with E-state index < -0.39 is 40.4 Å². The van der Waals surface area contributed by atoms with Gasteiger partial charge < -0.3 is 14.3 Å². The largest absolute Gasteiger partial charge is 0.411 e. The molecule has 6 nitrogen and oxygen atoms in total. The maximum absolute atomic E-state index is 12.4. The molecule has 0 aliphatic rings. The van der Waals surface area contributed by atoms with Crippen LogP contribution in [-0.4, -0.2) is 45.8 Å². The van der Waals surface area contributed by atoms with Crippen LogP contribution >= 0.6 is 11.6 Å². The molecule has 1 aromatic rings. The second kappa shape index (κ2) is 10.5. The van der Waals surface area contributed by atoms with E-state index >= 15 is 0 Å². The zero-order valence-corrected chi connectivity index (χ0v) is 18.0. The van der Waals surface area contributed by atoms with Crippen molar-refractivity contribution >= 4 is 39.8 Å². The lowest BCUT2D eigenvalue weighted by atomic mass is 9.79. The summed E-state index contributed by atoms with van der Waals surface area (Å²) in [5.41, 5.74) is -1.46. The number of sulfone groups is 1. The molecule has 1 rings (SSSR count). The van der Waals surface area contributed by atoms with Gasteiger partial charge in [0.2, 0.25) is 0 Å². The van der Waals surface area contributed by atoms with Gasteiger partial charge in [0.25, 0.3) is 0 Å². The van der Waals surface area contributed by atoms with Gasteiger partial charge >= 0.3 is 6.18 Å². The first kappa shape index (κ1) is 26.3. The minimum Gasteiger partial charge on any atom is -0.367 e. The molecule has 0 saturated carbocycles. The number of Topliss-reactive ketones (excluding diaryl/α,β-unsaturated/α-hetero) is 1. The Kier molecular flexibility index (Phi) is 9.19. The predicted molar refractivity (Wildman–Crippen MR) is 103 cm³/mol. The summed E-state index contributed by atoms with van der Waals surface area (Å²) in [6.45, 7) is -0.943. The second-order valence-electron chi connectivity index (χ2n) is 7.09. The fourth-order valence-corrected chi connectivity index (χ4v) is 4.04. The smallest absolute Gasteiger partial charge is 0.367 e. The van der Waals surface area contributed by atoms with Gasteiger partial charge in [0.1, 0.15) is 25.0 Å². The third kappa shape index (κ3) is 7.48. The molecule has 168 valence electrons. The number of rotatable bonds is 12. The summed E-state index contributed by atoms with van der Waals surface area (Å²) < 4.78 is 65.7. The van der Waals surface area contributed by atoms with E-state index in [-0.39, 0.29) is 46.7 Å². The average Bonchev–Trinajstić information content (AvgIpc) is 2.62. The highest BCUT2D eigenvalue weighted by atomic mass is 35.5. The SMILES string of the molecule is CC(C=O)(Cc1ccc(S(C)(=O)=O)c(COCC(F)(F)F)c1Cl)C(=O)CCCC=O. The van der Waals surface area contributed by atoms with Crippen LogP contribution in [0.1, 0.15) is 37.3 Å². The van der Waals surface area contributed by atoms with Gasteiger partial charge in [-0.05, 0) is 31.4 Å². The standard InChI is InChI=1S/C19H22ClF3O6S/c1-18(11-25,16(26)5-3-4-8-24)9-13-6-7-15(30(2,27)28)14(17(13)20)10-29-12-19(21,22)23/h6-8,11H,3-5,9-10,12H2,1-2H3. The molecule has 0 bridgehead atoms. The first-order valence-corrected chi connectivity index (χ1v) is 11.1. The molecule has 11 heteroatoms. The average molecular weight is 471 g/mol. The zero-order chi connectivity index (χ0) is 23.2. The number of hydrogen-bond donors (Lipinski definition) is 0. The molecule has 0 saturated heterocycles. The lowest BCUT2D eigenvalue weighted by molar-refractivity contribution is -0.176. The van der Waals surface area contributed by atoms with Gasteiger partial charge in [-0.15, -0.1) is 0 Å². The second-order valence-corrected chi connectivity index (χ2v) is 9.45. The van der Waals surface area contributed by atoms with Crippen LogP contribution < -0.4 is 0 Å². The topological polar surface area (TPSA) is 94.6 Å². The Morgan fingerprint density at radius 1 is 1.23 bits per heavy atom. The molecule has 0 aromatic heterocycles. The van der Waals surface area contributed by atoms with Crippen LogP contribution in [0.4, 0.5) is 13.2 Å². The Balaban J connectivity index is 3.27. The highest BCUT2D eigenvalue weighted by molar-refractivity contribution is 7.90. The molecule has 0 heterocycles. The van der Waals surface area contributed by atoms with E-state index in [1.54, 1.807) is 0 Å². The highest BCUT2D eigenvalue weighted by Crippen LogP contribution is 2.34. The molecular weight excluding hydrogens is 449 g/mol. The molecule has 0 spiro atoms. The van der Waals surface area contributed by atoms with Crippen molar-refractivity contribution in [1.29, 1.82) is 0 Å². The number of carbonyl (C=O) groups is 3. The molecule has 30 heavy (non-hydrogen) atoms. The quantitative estimate of drug-likeness (QED) is 0.263. The maximum atomic E-state index is 12.4. The lowest BCUT2D eigenvalue weighted by Crippen LogP contribution is -2.32. The van der Waals surface area contributed by atoms with E-state index in [0.29, 0.717) is 12.6 Å². The first-order valence-electron chi connectivity index (χ1n) is 8.83. The summed E-state index contributed by atoms with van der Waals surface area (Å²) >= 11 is 6.27. The number of ketones is 1. The Morgan fingerprint density at radius 2 is 1.87 bits per heavy atom. The monoisotopic (exact) mass is 470 g/mol. The highest BCUT2D eigenvalue weighted by Gasteiger charge is 2.34. The van der Waals surface area contributed by atoms with E-state index in [1.807, 2.05) is 0 Å². The van der Waals surface area contributed by atoms with Gasteiger partial charge in [-0.3, -0.25) is 4.79 Å². The number of benzene rings is 1. The third-order valence-electron chi connectivity index (χ3n) is 4.37. The number of unbranched alkanes of at least 4 members (excludes halogenated alkanes) is 1. The van der Waals surface area contributed by atoms with Crippen LogP contribution in [0.5, 0.6) is 0 Å². The van der Waals surface area contributed by atoms with Crippen LogP contribution in [0.25, 0.3) is 0 Å². The van der Waals surface area contributed by atoms with Crippen LogP contribution in [0, 0.1) is 5.41 Å². The minimum absolute atomic E-state index is 0.0193. The van der Waals surface area contributed by atoms with Gasteiger partial charge in [-0.1, -0.05) is 17.7 Å². The predicted octanol–water partition coefficient (Wildman–Crippen LogP) is 3.51. The Bertz CT molecular complexity index is 898. The van der Waals surface area contributed by atoms with Gasteiger partial charge in [0.05, 0.1) is 21.9 Å². The van der Waals surface area contributed by atoms with Crippen molar-refractivity contribution in [1.82, 2.24) is 0 Å². The fourth-order valence-electron chi connectivity index (χ4n) is 2.77. The van der Waals surface area contributed by atoms with Gasteiger partial charge in [-0.25, -0.2) is 8.42 Å². The molecule has 1 atom stereocenters. The molecule has 0 aliphatic heterocycles. The molecular formula is C19H22ClF3O6S. The van der Waals surface area contributed by atoms with Crippen molar-refractivity contribution in [3.8, 4) is 0 Å². The van der Waals surface area contributed by atoms with Crippen molar-refractivity contribution in [3.05, 3.63) is 28.3 Å². The summed E-state index contributed by atoms with van der Waals surface area (Å²) in [4.78, 5) is 34.2. The molecule has 1 aromatic carbocycles. The van der Waals surface area contributed by atoms with E-state index in [4.69, 9.17) is 11.6 Å². The van der Waals surface area contributed by atoms with Gasteiger partial charge in [-0.2, -0.15) is 13.2 Å². The summed E-state index contributed by atoms with van der Waals surface area (Å²) in [5.74, 6) is -0.433. The molecule has 1 unspecified atom stereocenters. The third-order valence-corrected chi connectivity index (χ3v) is 6.02. The zero-order valence-electron chi connectivity index (χ0n) is 16.4. The van der Waals surface area contributed by atoms with Crippen LogP contribution in [0.3, 0.4) is 0 Å². The van der Waals surface area contributed by atoms with E-state index in [1.165, 1.54) is 13.0 Å². The number of alkyl halides is 3. The first-order chi connectivity index (χ1) is 13.7.